The first kappa shape index (κ1) is 13.5. The summed E-state index contributed by atoms with van der Waals surface area (Å²) in [6, 6.07) is 12.7. The highest BCUT2D eigenvalue weighted by Crippen LogP contribution is 2.28. The summed E-state index contributed by atoms with van der Waals surface area (Å²) in [7, 11) is 0. The predicted molar refractivity (Wildman–Crippen MR) is 77.1 cm³/mol. The van der Waals surface area contributed by atoms with Crippen molar-refractivity contribution in [1.82, 2.24) is 4.98 Å². The maximum atomic E-state index is 13.3. The third kappa shape index (κ3) is 2.84. The second-order valence-corrected chi connectivity index (χ2v) is 4.79. The molecule has 1 atom stereocenters. The molecular formula is C17H13F2NO. The molecule has 1 unspecified atom stereocenters. The molecule has 0 aliphatic rings. The molecule has 1 aromatic heterocycles. The van der Waals surface area contributed by atoms with Crippen molar-refractivity contribution in [1.29, 1.82) is 0 Å². The molecule has 2 nitrogen and oxygen atoms in total. The van der Waals surface area contributed by atoms with E-state index < -0.39 is 17.7 Å². The maximum absolute atomic E-state index is 13.3. The molecule has 0 fully saturated rings. The number of rotatable bonds is 3. The molecule has 2 aromatic carbocycles. The molecular weight excluding hydrogens is 272 g/mol. The fourth-order valence-electron chi connectivity index (χ4n) is 2.24. The van der Waals surface area contributed by atoms with Gasteiger partial charge in [-0.1, -0.05) is 18.2 Å². The van der Waals surface area contributed by atoms with Crippen molar-refractivity contribution in [2.75, 3.05) is 0 Å². The molecule has 0 spiro atoms. The van der Waals surface area contributed by atoms with Crippen LogP contribution in [0.15, 0.2) is 54.7 Å². The Morgan fingerprint density at radius 3 is 2.48 bits per heavy atom. The Labute approximate surface area is 121 Å². The first-order valence-corrected chi connectivity index (χ1v) is 6.60. The number of benzene rings is 2. The molecule has 0 bridgehead atoms. The smallest absolute Gasteiger partial charge is 0.146 e. The van der Waals surface area contributed by atoms with Crippen LogP contribution >= 0.6 is 0 Å². The highest BCUT2D eigenvalue weighted by atomic mass is 19.1. The maximum Gasteiger partial charge on any atom is 0.146 e. The van der Waals surface area contributed by atoms with Gasteiger partial charge in [-0.2, -0.15) is 0 Å². The quantitative estimate of drug-likeness (QED) is 0.698. The van der Waals surface area contributed by atoms with E-state index >= 15 is 0 Å². The highest BCUT2D eigenvalue weighted by Gasteiger charge is 2.12. The summed E-state index contributed by atoms with van der Waals surface area (Å²) >= 11 is 0. The minimum Gasteiger partial charge on any atom is -0.484 e. The summed E-state index contributed by atoms with van der Waals surface area (Å²) in [6.07, 6.45) is 1.20. The summed E-state index contributed by atoms with van der Waals surface area (Å²) in [4.78, 5) is 4.29. The van der Waals surface area contributed by atoms with Gasteiger partial charge in [-0.15, -0.1) is 0 Å². The zero-order valence-corrected chi connectivity index (χ0v) is 11.4. The van der Waals surface area contributed by atoms with Gasteiger partial charge in [0.25, 0.3) is 0 Å². The van der Waals surface area contributed by atoms with Crippen LogP contribution in [-0.4, -0.2) is 4.98 Å². The van der Waals surface area contributed by atoms with Crippen molar-refractivity contribution >= 4 is 10.9 Å². The van der Waals surface area contributed by atoms with E-state index in [9.17, 15) is 8.78 Å². The van der Waals surface area contributed by atoms with Crippen LogP contribution < -0.4 is 4.74 Å². The van der Waals surface area contributed by atoms with Crippen molar-refractivity contribution < 1.29 is 13.5 Å². The van der Waals surface area contributed by atoms with E-state index in [1.165, 1.54) is 12.1 Å². The number of nitrogens with zero attached hydrogens (tertiary/aromatic N) is 1. The number of para-hydroxylation sites is 1. The van der Waals surface area contributed by atoms with Gasteiger partial charge >= 0.3 is 0 Å². The first-order chi connectivity index (χ1) is 10.1. The van der Waals surface area contributed by atoms with Gasteiger partial charge in [0.2, 0.25) is 0 Å². The fraction of sp³-hybridized carbons (Fsp3) is 0.118. The van der Waals surface area contributed by atoms with Crippen LogP contribution in [0.1, 0.15) is 18.6 Å². The van der Waals surface area contributed by atoms with Crippen LogP contribution in [0.25, 0.3) is 10.9 Å². The van der Waals surface area contributed by atoms with E-state index in [2.05, 4.69) is 4.98 Å². The van der Waals surface area contributed by atoms with Crippen molar-refractivity contribution in [3.63, 3.8) is 0 Å². The van der Waals surface area contributed by atoms with Gasteiger partial charge in [-0.05, 0) is 36.8 Å². The summed E-state index contributed by atoms with van der Waals surface area (Å²) in [5.74, 6) is -0.641. The van der Waals surface area contributed by atoms with Crippen LogP contribution in [0.4, 0.5) is 8.78 Å². The number of hydrogen-bond acceptors (Lipinski definition) is 2. The highest BCUT2D eigenvalue weighted by molar-refractivity contribution is 5.84. The SMILES string of the molecule is CC(Oc1cccc2cccnc12)c1cc(F)cc(F)c1. The molecule has 0 saturated heterocycles. The van der Waals surface area contributed by atoms with Crippen LogP contribution in [-0.2, 0) is 0 Å². The van der Waals surface area contributed by atoms with Crippen molar-refractivity contribution in [3.8, 4) is 5.75 Å². The topological polar surface area (TPSA) is 22.1 Å². The van der Waals surface area contributed by atoms with Crippen LogP contribution in [0, 0.1) is 11.6 Å². The van der Waals surface area contributed by atoms with E-state index in [1.807, 2.05) is 24.3 Å². The van der Waals surface area contributed by atoms with Crippen molar-refractivity contribution in [3.05, 3.63) is 71.9 Å². The number of pyridine rings is 1. The van der Waals surface area contributed by atoms with E-state index in [1.54, 1.807) is 19.2 Å². The first-order valence-electron chi connectivity index (χ1n) is 6.60. The van der Waals surface area contributed by atoms with Gasteiger partial charge in [-0.25, -0.2) is 8.78 Å². The third-order valence-electron chi connectivity index (χ3n) is 3.25. The molecule has 0 N–H and O–H groups in total. The lowest BCUT2D eigenvalue weighted by Gasteiger charge is -2.16. The Morgan fingerprint density at radius 1 is 1.00 bits per heavy atom. The number of ether oxygens (including phenoxy) is 1. The van der Waals surface area contributed by atoms with E-state index in [4.69, 9.17) is 4.74 Å². The van der Waals surface area contributed by atoms with E-state index in [-0.39, 0.29) is 0 Å². The lowest BCUT2D eigenvalue weighted by Crippen LogP contribution is -2.05. The number of aromatic nitrogens is 1. The molecule has 1 heterocycles. The Bertz CT molecular complexity index is 763. The minimum atomic E-state index is -0.614. The molecule has 106 valence electrons. The normalized spacial score (nSPS) is 12.3. The second kappa shape index (κ2) is 5.48. The van der Waals surface area contributed by atoms with Gasteiger partial charge in [0, 0.05) is 17.6 Å². The molecule has 0 aliphatic carbocycles. The van der Waals surface area contributed by atoms with Crippen LogP contribution in [0.5, 0.6) is 5.75 Å². The lowest BCUT2D eigenvalue weighted by atomic mass is 10.1. The summed E-state index contributed by atoms with van der Waals surface area (Å²) in [5.41, 5.74) is 1.17. The number of halogens is 2. The van der Waals surface area contributed by atoms with Gasteiger partial charge in [0.1, 0.15) is 29.0 Å². The third-order valence-corrected chi connectivity index (χ3v) is 3.25. The molecule has 0 saturated carbocycles. The monoisotopic (exact) mass is 285 g/mol. The van der Waals surface area contributed by atoms with Crippen molar-refractivity contribution in [2.24, 2.45) is 0 Å². The summed E-state index contributed by atoms with van der Waals surface area (Å²) in [5, 5.41) is 0.952. The molecule has 21 heavy (non-hydrogen) atoms. The van der Waals surface area contributed by atoms with Gasteiger partial charge in [-0.3, -0.25) is 4.98 Å². The zero-order valence-electron chi connectivity index (χ0n) is 11.4. The van der Waals surface area contributed by atoms with Gasteiger partial charge in [0.15, 0.2) is 0 Å². The van der Waals surface area contributed by atoms with E-state index in [0.29, 0.717) is 11.3 Å². The van der Waals surface area contributed by atoms with Gasteiger partial charge < -0.3 is 4.74 Å². The van der Waals surface area contributed by atoms with Crippen LogP contribution in [0.2, 0.25) is 0 Å². The molecule has 3 rings (SSSR count). The molecule has 0 amide bonds. The van der Waals surface area contributed by atoms with Crippen LogP contribution in [0.3, 0.4) is 0 Å². The average molecular weight is 285 g/mol. The number of fused-ring (bicyclic) bond motifs is 1. The summed E-state index contributed by atoms with van der Waals surface area (Å²) < 4.78 is 32.4. The lowest BCUT2D eigenvalue weighted by molar-refractivity contribution is 0.228. The standard InChI is InChI=1S/C17H13F2NO/c1-11(13-8-14(18)10-15(19)9-13)21-16-6-2-4-12-5-3-7-20-17(12)16/h2-11H,1H3. The van der Waals surface area contributed by atoms with E-state index in [0.717, 1.165) is 17.0 Å². The number of hydrogen-bond donors (Lipinski definition) is 0. The molecule has 3 aromatic rings. The fourth-order valence-corrected chi connectivity index (χ4v) is 2.24. The Hall–Kier alpha value is -2.49. The Balaban J connectivity index is 1.94. The second-order valence-electron chi connectivity index (χ2n) is 4.79. The average Bonchev–Trinajstić information content (AvgIpc) is 2.46. The predicted octanol–water partition coefficient (Wildman–Crippen LogP) is 4.65. The van der Waals surface area contributed by atoms with Crippen molar-refractivity contribution in [2.45, 2.75) is 13.0 Å². The molecule has 4 heteroatoms. The van der Waals surface area contributed by atoms with Gasteiger partial charge in [0.05, 0.1) is 0 Å². The Morgan fingerprint density at radius 2 is 1.71 bits per heavy atom. The zero-order chi connectivity index (χ0) is 14.8. The molecule has 0 aliphatic heterocycles. The Kier molecular flexibility index (Phi) is 3.52. The summed E-state index contributed by atoms with van der Waals surface area (Å²) in [6.45, 7) is 1.75. The molecule has 0 radical (unpaired) electrons. The largest absolute Gasteiger partial charge is 0.484 e. The minimum absolute atomic E-state index is 0.445.